The molecule has 9 nitrogen and oxygen atoms in total. The zero-order valence-corrected chi connectivity index (χ0v) is 20.2. The van der Waals surface area contributed by atoms with E-state index in [1.165, 1.54) is 17.9 Å². The molecule has 0 fully saturated rings. The van der Waals surface area contributed by atoms with Crippen LogP contribution in [0.3, 0.4) is 0 Å². The van der Waals surface area contributed by atoms with E-state index in [0.29, 0.717) is 39.8 Å². The van der Waals surface area contributed by atoms with Crippen molar-refractivity contribution in [1.82, 2.24) is 20.2 Å². The minimum Gasteiger partial charge on any atom is -0.493 e. The Morgan fingerprint density at radius 3 is 2.59 bits per heavy atom. The topological polar surface area (TPSA) is 100 Å². The molecule has 0 spiro atoms. The Hall–Kier alpha value is -4.73. The van der Waals surface area contributed by atoms with Crippen LogP contribution in [0.2, 0.25) is 0 Å². The maximum absolute atomic E-state index is 14.0. The summed E-state index contributed by atoms with van der Waals surface area (Å²) in [6, 6.07) is 20.4. The number of aromatic nitrogens is 4. The third kappa shape index (κ3) is 4.99. The lowest BCUT2D eigenvalue weighted by Gasteiger charge is -2.28. The molecular formula is C27H24FN5O4. The Morgan fingerprint density at radius 2 is 1.81 bits per heavy atom. The van der Waals surface area contributed by atoms with Crippen molar-refractivity contribution in [3.8, 4) is 11.5 Å². The number of halogens is 1. The summed E-state index contributed by atoms with van der Waals surface area (Å²) in [5.74, 6) is 0.379. The van der Waals surface area contributed by atoms with Gasteiger partial charge in [-0.2, -0.15) is 4.68 Å². The first-order valence-electron chi connectivity index (χ1n) is 11.6. The van der Waals surface area contributed by atoms with Gasteiger partial charge in [0, 0.05) is 11.3 Å². The van der Waals surface area contributed by atoms with Crippen LogP contribution in [-0.2, 0) is 22.7 Å². The van der Waals surface area contributed by atoms with Gasteiger partial charge >= 0.3 is 5.97 Å². The second-order valence-corrected chi connectivity index (χ2v) is 8.37. The highest BCUT2D eigenvalue weighted by Crippen LogP contribution is 2.39. The summed E-state index contributed by atoms with van der Waals surface area (Å²) < 4.78 is 32.6. The SMILES string of the molecule is COc1cc(C2C(C(=O)OCc3ccccc3)=C(C)Nc3nnnn32)ccc1OCc1ccccc1F. The van der Waals surface area contributed by atoms with Crippen molar-refractivity contribution in [3.05, 3.63) is 107 Å². The van der Waals surface area contributed by atoms with Crippen molar-refractivity contribution in [2.75, 3.05) is 12.4 Å². The van der Waals surface area contributed by atoms with E-state index >= 15 is 0 Å². The summed E-state index contributed by atoms with van der Waals surface area (Å²) in [6.45, 7) is 1.92. The number of allylic oxidation sites excluding steroid dienone is 1. The fourth-order valence-corrected chi connectivity index (χ4v) is 4.13. The molecule has 188 valence electrons. The summed E-state index contributed by atoms with van der Waals surface area (Å²) in [7, 11) is 1.51. The van der Waals surface area contributed by atoms with Crippen LogP contribution in [0.1, 0.15) is 29.7 Å². The number of nitrogens with one attached hydrogen (secondary N) is 1. The maximum atomic E-state index is 14.0. The van der Waals surface area contributed by atoms with E-state index in [1.54, 1.807) is 43.3 Å². The van der Waals surface area contributed by atoms with Crippen molar-refractivity contribution in [2.45, 2.75) is 26.2 Å². The first-order chi connectivity index (χ1) is 18.0. The number of rotatable bonds is 8. The summed E-state index contributed by atoms with van der Waals surface area (Å²) >= 11 is 0. The van der Waals surface area contributed by atoms with Crippen LogP contribution in [-0.4, -0.2) is 33.3 Å². The summed E-state index contributed by atoms with van der Waals surface area (Å²) in [4.78, 5) is 13.3. The number of esters is 1. The molecule has 1 atom stereocenters. The van der Waals surface area contributed by atoms with Crippen molar-refractivity contribution >= 4 is 11.9 Å². The second-order valence-electron chi connectivity index (χ2n) is 8.37. The van der Waals surface area contributed by atoms with E-state index in [9.17, 15) is 9.18 Å². The number of carbonyl (C=O) groups is 1. The molecule has 0 saturated heterocycles. The van der Waals surface area contributed by atoms with Gasteiger partial charge in [0.25, 0.3) is 0 Å². The highest BCUT2D eigenvalue weighted by atomic mass is 19.1. The third-order valence-corrected chi connectivity index (χ3v) is 5.99. The standard InChI is InChI=1S/C27H24FN5O4/c1-17-24(26(34)37-15-18-8-4-3-5-9-18)25(33-27(29-17)30-31-32-33)19-12-13-22(23(14-19)35-2)36-16-20-10-6-7-11-21(20)28/h3-14,25H,15-16H2,1-2H3,(H,29,30,32). The van der Waals surface area contributed by atoms with Crippen LogP contribution in [0.25, 0.3) is 0 Å². The van der Waals surface area contributed by atoms with Gasteiger partial charge in [0.15, 0.2) is 11.5 Å². The highest BCUT2D eigenvalue weighted by Gasteiger charge is 2.35. The average molecular weight is 502 g/mol. The van der Waals surface area contributed by atoms with Gasteiger partial charge in [-0.1, -0.05) is 59.7 Å². The van der Waals surface area contributed by atoms with Crippen LogP contribution in [0.15, 0.2) is 84.1 Å². The van der Waals surface area contributed by atoms with E-state index in [2.05, 4.69) is 20.8 Å². The van der Waals surface area contributed by atoms with Gasteiger partial charge in [-0.3, -0.25) is 0 Å². The molecule has 37 heavy (non-hydrogen) atoms. The van der Waals surface area contributed by atoms with Crippen LogP contribution >= 0.6 is 0 Å². The Kier molecular flexibility index (Phi) is 6.80. The zero-order valence-electron chi connectivity index (χ0n) is 20.2. The van der Waals surface area contributed by atoms with Crippen LogP contribution in [0, 0.1) is 5.82 Å². The molecule has 0 amide bonds. The molecule has 1 aliphatic rings. The average Bonchev–Trinajstić information content (AvgIpc) is 3.39. The number of benzene rings is 3. The van der Waals surface area contributed by atoms with Gasteiger partial charge in [0.2, 0.25) is 5.95 Å². The Labute approximate surface area is 212 Å². The Bertz CT molecular complexity index is 1450. The fourth-order valence-electron chi connectivity index (χ4n) is 4.13. The largest absolute Gasteiger partial charge is 0.493 e. The molecule has 1 aromatic heterocycles. The molecule has 0 radical (unpaired) electrons. The number of nitrogens with zero attached hydrogens (tertiary/aromatic N) is 4. The molecule has 4 aromatic rings. The first kappa shape index (κ1) is 24.0. The van der Waals surface area contributed by atoms with Gasteiger partial charge in [-0.05, 0) is 46.7 Å². The predicted molar refractivity (Wildman–Crippen MR) is 132 cm³/mol. The monoisotopic (exact) mass is 501 g/mol. The molecule has 1 aliphatic heterocycles. The summed E-state index contributed by atoms with van der Waals surface area (Å²) in [5.41, 5.74) is 2.90. The molecule has 3 aromatic carbocycles. The molecule has 10 heteroatoms. The predicted octanol–water partition coefficient (Wildman–Crippen LogP) is 4.43. The lowest BCUT2D eigenvalue weighted by molar-refractivity contribution is -0.140. The van der Waals surface area contributed by atoms with Crippen LogP contribution in [0.5, 0.6) is 11.5 Å². The number of methoxy groups -OCH3 is 1. The number of ether oxygens (including phenoxy) is 3. The van der Waals surface area contributed by atoms with Gasteiger partial charge in [-0.25, -0.2) is 9.18 Å². The van der Waals surface area contributed by atoms with Crippen molar-refractivity contribution in [1.29, 1.82) is 0 Å². The van der Waals surface area contributed by atoms with Gasteiger partial charge < -0.3 is 19.5 Å². The highest BCUT2D eigenvalue weighted by molar-refractivity contribution is 5.92. The maximum Gasteiger partial charge on any atom is 0.338 e. The quantitative estimate of drug-likeness (QED) is 0.354. The smallest absolute Gasteiger partial charge is 0.338 e. The van der Waals surface area contributed by atoms with E-state index in [1.807, 2.05) is 30.3 Å². The van der Waals surface area contributed by atoms with E-state index < -0.39 is 12.0 Å². The first-order valence-corrected chi connectivity index (χ1v) is 11.6. The fraction of sp³-hybridized carbons (Fsp3) is 0.185. The number of anilines is 1. The molecule has 1 N–H and O–H groups in total. The summed E-state index contributed by atoms with van der Waals surface area (Å²) in [6.07, 6.45) is 0. The number of fused-ring (bicyclic) bond motifs is 1. The lowest BCUT2D eigenvalue weighted by Crippen LogP contribution is -2.29. The second kappa shape index (κ2) is 10.5. The molecule has 1 unspecified atom stereocenters. The van der Waals surface area contributed by atoms with Crippen molar-refractivity contribution in [2.24, 2.45) is 0 Å². The van der Waals surface area contributed by atoms with Gasteiger partial charge in [0.1, 0.15) is 25.1 Å². The van der Waals surface area contributed by atoms with E-state index in [-0.39, 0.29) is 19.0 Å². The van der Waals surface area contributed by atoms with Crippen molar-refractivity contribution < 1.29 is 23.4 Å². The summed E-state index contributed by atoms with van der Waals surface area (Å²) in [5, 5.41) is 14.9. The van der Waals surface area contributed by atoms with E-state index in [0.717, 1.165) is 5.56 Å². The molecule has 0 saturated carbocycles. The number of carbonyl (C=O) groups excluding carboxylic acids is 1. The minimum absolute atomic E-state index is 0.0307. The normalized spacial score (nSPS) is 14.5. The lowest BCUT2D eigenvalue weighted by atomic mass is 9.95. The Morgan fingerprint density at radius 1 is 1.03 bits per heavy atom. The third-order valence-electron chi connectivity index (χ3n) is 5.99. The molecule has 5 rings (SSSR count). The van der Waals surface area contributed by atoms with Crippen molar-refractivity contribution in [3.63, 3.8) is 0 Å². The van der Waals surface area contributed by atoms with Gasteiger partial charge in [-0.15, -0.1) is 0 Å². The zero-order chi connectivity index (χ0) is 25.8. The van der Waals surface area contributed by atoms with Gasteiger partial charge in [0.05, 0.1) is 12.7 Å². The van der Waals surface area contributed by atoms with Crippen LogP contribution < -0.4 is 14.8 Å². The Balaban J connectivity index is 1.44. The molecule has 2 heterocycles. The minimum atomic E-state index is -0.677. The number of hydrogen-bond acceptors (Lipinski definition) is 8. The molecule has 0 bridgehead atoms. The number of tetrazole rings is 1. The van der Waals surface area contributed by atoms with Crippen LogP contribution in [0.4, 0.5) is 10.3 Å². The number of hydrogen-bond donors (Lipinski definition) is 1. The molecule has 0 aliphatic carbocycles. The van der Waals surface area contributed by atoms with E-state index in [4.69, 9.17) is 14.2 Å². The molecular weight excluding hydrogens is 477 g/mol.